The van der Waals surface area contributed by atoms with Crippen LogP contribution >= 0.6 is 0 Å². The molecule has 3 unspecified atom stereocenters. The van der Waals surface area contributed by atoms with Crippen molar-refractivity contribution in [3.8, 4) is 0 Å². The average molecular weight is 407 g/mol. The maximum atomic E-state index is 13.7. The third-order valence-corrected chi connectivity index (χ3v) is 6.84. The molecule has 2 heterocycles. The van der Waals surface area contributed by atoms with Gasteiger partial charge in [-0.25, -0.2) is 5.01 Å². The first-order valence-electron chi connectivity index (χ1n) is 11.6. The van der Waals surface area contributed by atoms with Crippen molar-refractivity contribution in [1.82, 2.24) is 10.0 Å². The second-order valence-electron chi connectivity index (χ2n) is 8.67. The van der Waals surface area contributed by atoms with E-state index >= 15 is 0 Å². The average Bonchev–Trinajstić information content (AvgIpc) is 3.10. The Bertz CT molecular complexity index is 838. The number of amides is 1. The smallest absolute Gasteiger partial charge is 0.268 e. The quantitative estimate of drug-likeness (QED) is 0.628. The highest BCUT2D eigenvalue weighted by Gasteiger charge is 2.51. The van der Waals surface area contributed by atoms with Crippen LogP contribution in [0.15, 0.2) is 54.6 Å². The highest BCUT2D eigenvalue weighted by Crippen LogP contribution is 2.48. The third kappa shape index (κ3) is 4.03. The van der Waals surface area contributed by atoms with E-state index in [9.17, 15) is 9.90 Å². The van der Waals surface area contributed by atoms with Gasteiger partial charge in [0.2, 0.25) is 0 Å². The van der Waals surface area contributed by atoms with E-state index in [0.717, 1.165) is 37.8 Å². The Morgan fingerprint density at radius 1 is 1.00 bits per heavy atom. The Hall–Kier alpha value is -2.17. The monoisotopic (exact) mass is 406 g/mol. The number of benzene rings is 2. The summed E-state index contributed by atoms with van der Waals surface area (Å²) in [6.07, 6.45) is 7.46. The normalized spacial score (nSPS) is 23.3. The molecule has 1 fully saturated rings. The molecule has 0 radical (unpaired) electrons. The molecule has 0 aromatic heterocycles. The standard InChI is InChI=1S/C26H34N2O2/c1-2-3-4-8-15-24-23(17-19-29)25-22-14-10-9-11-20(22)16-18-27(25)28(24)26(30)21-12-6-5-7-13-21/h5-7,9-14,23-25,29H,2-4,8,15-19H2,1H3. The third-order valence-electron chi connectivity index (χ3n) is 6.84. The zero-order valence-electron chi connectivity index (χ0n) is 18.0. The summed E-state index contributed by atoms with van der Waals surface area (Å²) in [6.45, 7) is 3.25. The van der Waals surface area contributed by atoms with Crippen LogP contribution in [0.5, 0.6) is 0 Å². The van der Waals surface area contributed by atoms with Gasteiger partial charge in [-0.15, -0.1) is 0 Å². The van der Waals surface area contributed by atoms with E-state index in [-0.39, 0.29) is 30.5 Å². The Kier molecular flexibility index (Phi) is 6.86. The molecule has 2 aliphatic heterocycles. The van der Waals surface area contributed by atoms with Gasteiger partial charge in [-0.1, -0.05) is 75.1 Å². The van der Waals surface area contributed by atoms with Crippen molar-refractivity contribution in [3.63, 3.8) is 0 Å². The highest BCUT2D eigenvalue weighted by atomic mass is 16.3. The second kappa shape index (κ2) is 9.76. The van der Waals surface area contributed by atoms with E-state index < -0.39 is 0 Å². The Labute approximate surface area is 180 Å². The first-order valence-corrected chi connectivity index (χ1v) is 11.6. The lowest BCUT2D eigenvalue weighted by Crippen LogP contribution is -2.48. The van der Waals surface area contributed by atoms with E-state index in [1.54, 1.807) is 0 Å². The molecule has 1 N–H and O–H groups in total. The summed E-state index contributed by atoms with van der Waals surface area (Å²) >= 11 is 0. The molecule has 1 amide bonds. The summed E-state index contributed by atoms with van der Waals surface area (Å²) in [5, 5.41) is 14.3. The molecule has 3 atom stereocenters. The number of carbonyl (C=O) groups excluding carboxylic acids is 1. The zero-order chi connectivity index (χ0) is 20.9. The van der Waals surface area contributed by atoms with Crippen LogP contribution in [0.2, 0.25) is 0 Å². The molecular formula is C26H34N2O2. The molecular weight excluding hydrogens is 372 g/mol. The Balaban J connectivity index is 1.70. The molecule has 160 valence electrons. The number of aliphatic hydroxyl groups is 1. The van der Waals surface area contributed by atoms with Crippen LogP contribution in [0.4, 0.5) is 0 Å². The molecule has 4 rings (SSSR count). The minimum Gasteiger partial charge on any atom is -0.396 e. The summed E-state index contributed by atoms with van der Waals surface area (Å²) < 4.78 is 0. The second-order valence-corrected chi connectivity index (χ2v) is 8.67. The van der Waals surface area contributed by atoms with Crippen LogP contribution in [-0.4, -0.2) is 40.2 Å². The van der Waals surface area contributed by atoms with Gasteiger partial charge in [-0.2, -0.15) is 0 Å². The molecule has 4 nitrogen and oxygen atoms in total. The fourth-order valence-electron chi connectivity index (χ4n) is 5.46. The van der Waals surface area contributed by atoms with Crippen LogP contribution in [0, 0.1) is 5.92 Å². The zero-order valence-corrected chi connectivity index (χ0v) is 18.0. The number of hydrogen-bond donors (Lipinski definition) is 1. The maximum absolute atomic E-state index is 13.7. The van der Waals surface area contributed by atoms with Gasteiger partial charge in [0, 0.05) is 24.6 Å². The largest absolute Gasteiger partial charge is 0.396 e. The van der Waals surface area contributed by atoms with E-state index in [2.05, 4.69) is 41.2 Å². The Morgan fingerprint density at radius 2 is 1.77 bits per heavy atom. The summed E-state index contributed by atoms with van der Waals surface area (Å²) in [4.78, 5) is 13.7. The van der Waals surface area contributed by atoms with Crippen molar-refractivity contribution >= 4 is 5.91 Å². The van der Waals surface area contributed by atoms with Crippen LogP contribution in [0.25, 0.3) is 0 Å². The van der Waals surface area contributed by atoms with Crippen LogP contribution in [0.3, 0.4) is 0 Å². The predicted octanol–water partition coefficient (Wildman–Crippen LogP) is 4.99. The fraction of sp³-hybridized carbons (Fsp3) is 0.500. The van der Waals surface area contributed by atoms with E-state index in [1.165, 1.54) is 30.4 Å². The first-order chi connectivity index (χ1) is 14.8. The lowest BCUT2D eigenvalue weighted by Gasteiger charge is -2.38. The van der Waals surface area contributed by atoms with Crippen molar-refractivity contribution in [3.05, 3.63) is 71.3 Å². The molecule has 4 heteroatoms. The number of nitrogens with zero attached hydrogens (tertiary/aromatic N) is 2. The summed E-state index contributed by atoms with van der Waals surface area (Å²) in [6, 6.07) is 18.6. The van der Waals surface area contributed by atoms with Crippen molar-refractivity contribution < 1.29 is 9.90 Å². The van der Waals surface area contributed by atoms with Gasteiger partial charge in [0.15, 0.2) is 0 Å². The summed E-state index contributed by atoms with van der Waals surface area (Å²) in [7, 11) is 0. The number of hydrazine groups is 1. The van der Waals surface area contributed by atoms with Gasteiger partial charge >= 0.3 is 0 Å². The van der Waals surface area contributed by atoms with Crippen molar-refractivity contribution in [1.29, 1.82) is 0 Å². The molecule has 0 aliphatic carbocycles. The molecule has 0 bridgehead atoms. The van der Waals surface area contributed by atoms with E-state index in [4.69, 9.17) is 0 Å². The van der Waals surface area contributed by atoms with Gasteiger partial charge in [0.1, 0.15) is 0 Å². The minimum atomic E-state index is 0.0981. The van der Waals surface area contributed by atoms with Crippen LogP contribution in [-0.2, 0) is 6.42 Å². The number of rotatable bonds is 8. The summed E-state index contributed by atoms with van der Waals surface area (Å²) in [5.74, 6) is 0.353. The van der Waals surface area contributed by atoms with Crippen molar-refractivity contribution in [2.24, 2.45) is 5.92 Å². The molecule has 0 spiro atoms. The molecule has 1 saturated heterocycles. The predicted molar refractivity (Wildman–Crippen MR) is 120 cm³/mol. The van der Waals surface area contributed by atoms with Gasteiger partial charge < -0.3 is 5.11 Å². The number of aliphatic hydroxyl groups excluding tert-OH is 1. The lowest BCUT2D eigenvalue weighted by molar-refractivity contribution is -0.0167. The Morgan fingerprint density at radius 3 is 2.53 bits per heavy atom. The van der Waals surface area contributed by atoms with E-state index in [1.807, 2.05) is 30.3 Å². The lowest BCUT2D eigenvalue weighted by atomic mass is 9.81. The van der Waals surface area contributed by atoms with Gasteiger partial charge in [0.05, 0.1) is 12.1 Å². The number of hydrogen-bond acceptors (Lipinski definition) is 3. The maximum Gasteiger partial charge on any atom is 0.268 e. The van der Waals surface area contributed by atoms with Gasteiger partial charge in [-0.3, -0.25) is 9.80 Å². The molecule has 2 aromatic rings. The molecule has 30 heavy (non-hydrogen) atoms. The topological polar surface area (TPSA) is 43.8 Å². The first kappa shape index (κ1) is 21.1. The minimum absolute atomic E-state index is 0.0981. The number of fused-ring (bicyclic) bond motifs is 3. The fourth-order valence-corrected chi connectivity index (χ4v) is 5.46. The van der Waals surface area contributed by atoms with Gasteiger partial charge in [-0.05, 0) is 42.5 Å². The summed E-state index contributed by atoms with van der Waals surface area (Å²) in [5.41, 5.74) is 3.47. The van der Waals surface area contributed by atoms with Crippen LogP contribution < -0.4 is 0 Å². The van der Waals surface area contributed by atoms with Crippen molar-refractivity contribution in [2.75, 3.05) is 13.2 Å². The molecule has 0 saturated carbocycles. The van der Waals surface area contributed by atoms with Crippen molar-refractivity contribution in [2.45, 2.75) is 64.0 Å². The number of unbranched alkanes of at least 4 members (excludes halogenated alkanes) is 3. The van der Waals surface area contributed by atoms with E-state index in [0.29, 0.717) is 0 Å². The van der Waals surface area contributed by atoms with Gasteiger partial charge in [0.25, 0.3) is 5.91 Å². The SMILES string of the molecule is CCCCCCC1C(CCO)C2c3ccccc3CCN2N1C(=O)c1ccccc1. The van der Waals surface area contributed by atoms with Crippen LogP contribution in [0.1, 0.15) is 73.0 Å². The molecule has 2 aromatic carbocycles. The number of carbonyl (C=O) groups is 1. The molecule has 2 aliphatic rings. The highest BCUT2D eigenvalue weighted by molar-refractivity contribution is 5.94.